The first kappa shape index (κ1) is 21.8. The number of carbonyl (C=O) groups excluding carboxylic acids is 1. The van der Waals surface area contributed by atoms with Crippen LogP contribution in [0.1, 0.15) is 77.8 Å². The van der Waals surface area contributed by atoms with E-state index >= 15 is 0 Å². The lowest BCUT2D eigenvalue weighted by Crippen LogP contribution is -2.59. The fourth-order valence-electron chi connectivity index (χ4n) is 9.74. The molecule has 33 heavy (non-hydrogen) atoms. The van der Waals surface area contributed by atoms with Crippen LogP contribution >= 0.6 is 0 Å². The van der Waals surface area contributed by atoms with Crippen molar-refractivity contribution in [1.29, 1.82) is 5.26 Å². The minimum absolute atomic E-state index is 0.0514. The third-order valence-electron chi connectivity index (χ3n) is 11.1. The Morgan fingerprint density at radius 2 is 2.06 bits per heavy atom. The number of fused-ring (bicyclic) bond motifs is 3. The van der Waals surface area contributed by atoms with Gasteiger partial charge in [0.15, 0.2) is 11.5 Å². The molecule has 0 amide bonds. The van der Waals surface area contributed by atoms with E-state index in [1.165, 1.54) is 6.42 Å². The van der Waals surface area contributed by atoms with Crippen molar-refractivity contribution in [3.63, 3.8) is 0 Å². The lowest BCUT2D eigenvalue weighted by molar-refractivity contribution is -0.148. The number of carbonyl (C=O) groups is 1. The zero-order valence-corrected chi connectivity index (χ0v) is 20.2. The summed E-state index contributed by atoms with van der Waals surface area (Å²) in [5.41, 5.74) is 0.0713. The maximum absolute atomic E-state index is 13.4. The molecule has 4 aliphatic carbocycles. The Kier molecular flexibility index (Phi) is 4.72. The van der Waals surface area contributed by atoms with Crippen LogP contribution in [0.3, 0.4) is 0 Å². The molecule has 0 spiro atoms. The first-order chi connectivity index (χ1) is 15.7. The third-order valence-corrected chi connectivity index (χ3v) is 11.1. The van der Waals surface area contributed by atoms with Gasteiger partial charge in [0.2, 0.25) is 0 Å². The maximum Gasteiger partial charge on any atom is 0.162 e. The van der Waals surface area contributed by atoms with Crippen LogP contribution < -0.4 is 0 Å². The molecule has 1 N–H and O–H groups in total. The van der Waals surface area contributed by atoms with Crippen molar-refractivity contribution in [2.24, 2.45) is 40.4 Å². The molecule has 1 aliphatic heterocycles. The van der Waals surface area contributed by atoms with Gasteiger partial charge in [-0.2, -0.15) is 10.4 Å². The maximum atomic E-state index is 13.4. The molecule has 2 unspecified atom stereocenters. The second-order valence-corrected chi connectivity index (χ2v) is 12.5. The van der Waals surface area contributed by atoms with Crippen molar-refractivity contribution in [3.8, 4) is 6.07 Å². The van der Waals surface area contributed by atoms with E-state index in [-0.39, 0.29) is 41.3 Å². The molecule has 6 rings (SSSR count). The average Bonchev–Trinajstić information content (AvgIpc) is 3.41. The van der Waals surface area contributed by atoms with E-state index in [2.05, 4.69) is 18.9 Å². The molecule has 2 heterocycles. The van der Waals surface area contributed by atoms with E-state index in [4.69, 9.17) is 10.00 Å². The van der Waals surface area contributed by atoms with E-state index in [1.54, 1.807) is 16.9 Å². The van der Waals surface area contributed by atoms with Gasteiger partial charge in [0.05, 0.1) is 24.4 Å². The van der Waals surface area contributed by atoms with Crippen LogP contribution in [0, 0.1) is 51.8 Å². The number of aliphatic hydroxyl groups is 1. The summed E-state index contributed by atoms with van der Waals surface area (Å²) in [6.07, 6.45) is 10.6. The second-order valence-electron chi connectivity index (χ2n) is 12.5. The topological polar surface area (TPSA) is 88.1 Å². The molecule has 6 nitrogen and oxygen atoms in total. The van der Waals surface area contributed by atoms with Crippen LogP contribution in [0.5, 0.6) is 0 Å². The number of hydrogen-bond donors (Lipinski definition) is 1. The summed E-state index contributed by atoms with van der Waals surface area (Å²) in [5.74, 6) is 2.70. The van der Waals surface area contributed by atoms with Gasteiger partial charge in [-0.25, -0.2) is 0 Å². The van der Waals surface area contributed by atoms with Gasteiger partial charge in [-0.15, -0.1) is 0 Å². The number of aromatic nitrogens is 2. The standard InChI is InChI=1S/C27H37N3O3/c1-16-27-10-9-25(2,32)13-22(27)24(33-16)12-18-19-4-5-21(26(19,3)8-6-20(18)27)23(31)15-30-11-7-17(14-28)29-30/h7,11,16,18-22,24,32H,4-6,8-10,12-13,15H2,1-3H3/t16-,18+,19+,20?,21-,22?,24-,25-,26+,27+/m1/s1. The monoisotopic (exact) mass is 451 g/mol. The van der Waals surface area contributed by atoms with Gasteiger partial charge in [0, 0.05) is 17.5 Å². The smallest absolute Gasteiger partial charge is 0.162 e. The summed E-state index contributed by atoms with van der Waals surface area (Å²) >= 11 is 0. The van der Waals surface area contributed by atoms with Crippen LogP contribution in [0.25, 0.3) is 0 Å². The van der Waals surface area contributed by atoms with E-state index in [0.717, 1.165) is 44.9 Å². The van der Waals surface area contributed by atoms with Crippen LogP contribution in [0.2, 0.25) is 0 Å². The average molecular weight is 452 g/mol. The third kappa shape index (κ3) is 2.97. The highest BCUT2D eigenvalue weighted by molar-refractivity contribution is 5.82. The van der Waals surface area contributed by atoms with Gasteiger partial charge >= 0.3 is 0 Å². The number of ketones is 1. The number of hydrogen-bond acceptors (Lipinski definition) is 5. The summed E-state index contributed by atoms with van der Waals surface area (Å²) in [7, 11) is 0. The molecule has 10 atom stereocenters. The SMILES string of the molecule is C[C@H]1O[C@@H]2C[C@@H]3C(CC[C@]4(C)[C@@H](C(=O)Cn5ccc(C#N)n5)CC[C@@H]34)[C@]13CC[C@@](C)(O)CC23. The molecule has 0 aromatic carbocycles. The zero-order chi connectivity index (χ0) is 23.2. The first-order valence-electron chi connectivity index (χ1n) is 13.0. The second kappa shape index (κ2) is 7.15. The van der Waals surface area contributed by atoms with Gasteiger partial charge in [0.25, 0.3) is 0 Å². The number of nitriles is 1. The van der Waals surface area contributed by atoms with E-state index in [1.807, 2.05) is 13.0 Å². The van der Waals surface area contributed by atoms with Gasteiger partial charge in [0.1, 0.15) is 6.07 Å². The van der Waals surface area contributed by atoms with Crippen LogP contribution in [-0.2, 0) is 16.1 Å². The summed E-state index contributed by atoms with van der Waals surface area (Å²) in [5, 5.41) is 24.1. The Labute approximate surface area is 196 Å². The van der Waals surface area contributed by atoms with Gasteiger partial charge < -0.3 is 9.84 Å². The number of ether oxygens (including phenoxy) is 1. The quantitative estimate of drug-likeness (QED) is 0.747. The predicted molar refractivity (Wildman–Crippen MR) is 122 cm³/mol. The fourth-order valence-corrected chi connectivity index (χ4v) is 9.74. The van der Waals surface area contributed by atoms with Gasteiger partial charge in [-0.05, 0) is 100 Å². The number of rotatable bonds is 3. The van der Waals surface area contributed by atoms with Gasteiger partial charge in [-0.3, -0.25) is 9.48 Å². The molecular formula is C27H37N3O3. The predicted octanol–water partition coefficient (Wildman–Crippen LogP) is 4.11. The zero-order valence-electron chi connectivity index (χ0n) is 20.2. The molecule has 5 fully saturated rings. The number of Topliss-reactive ketones (excluding diaryl/α,β-unsaturated/α-hetero) is 1. The van der Waals surface area contributed by atoms with Crippen LogP contribution in [0.15, 0.2) is 12.3 Å². The largest absolute Gasteiger partial charge is 0.390 e. The summed E-state index contributed by atoms with van der Waals surface area (Å²) in [6, 6.07) is 3.72. The van der Waals surface area contributed by atoms with Crippen molar-refractivity contribution < 1.29 is 14.6 Å². The van der Waals surface area contributed by atoms with Crippen molar-refractivity contribution in [2.75, 3.05) is 0 Å². The summed E-state index contributed by atoms with van der Waals surface area (Å²) in [6.45, 7) is 6.96. The molecule has 4 saturated carbocycles. The van der Waals surface area contributed by atoms with Crippen LogP contribution in [0.4, 0.5) is 0 Å². The number of nitrogens with zero attached hydrogens (tertiary/aromatic N) is 3. The van der Waals surface area contributed by atoms with Crippen LogP contribution in [-0.4, -0.2) is 38.5 Å². The molecule has 6 heteroatoms. The van der Waals surface area contributed by atoms with E-state index in [0.29, 0.717) is 29.4 Å². The Balaban J connectivity index is 1.25. The first-order valence-corrected chi connectivity index (χ1v) is 13.0. The Bertz CT molecular complexity index is 1010. The highest BCUT2D eigenvalue weighted by Crippen LogP contribution is 2.71. The van der Waals surface area contributed by atoms with Crippen molar-refractivity contribution in [1.82, 2.24) is 9.78 Å². The molecule has 1 aromatic heterocycles. The lowest BCUT2D eigenvalue weighted by Gasteiger charge is -2.61. The molecule has 2 bridgehead atoms. The Morgan fingerprint density at radius 1 is 1.24 bits per heavy atom. The van der Waals surface area contributed by atoms with E-state index in [9.17, 15) is 9.90 Å². The van der Waals surface area contributed by atoms with Crippen molar-refractivity contribution in [2.45, 2.75) is 96.5 Å². The normalized spacial score (nSPS) is 50.2. The Hall–Kier alpha value is -1.71. The fraction of sp³-hybridized carbons (Fsp3) is 0.815. The lowest BCUT2D eigenvalue weighted by atomic mass is 9.42. The molecule has 1 saturated heterocycles. The van der Waals surface area contributed by atoms with Gasteiger partial charge in [-0.1, -0.05) is 6.92 Å². The Morgan fingerprint density at radius 3 is 2.82 bits per heavy atom. The van der Waals surface area contributed by atoms with Crippen molar-refractivity contribution >= 4 is 5.78 Å². The molecule has 178 valence electrons. The minimum Gasteiger partial charge on any atom is -0.390 e. The summed E-state index contributed by atoms with van der Waals surface area (Å²) in [4.78, 5) is 13.4. The highest BCUT2D eigenvalue weighted by atomic mass is 16.5. The highest BCUT2D eigenvalue weighted by Gasteiger charge is 2.69. The van der Waals surface area contributed by atoms with Crippen molar-refractivity contribution in [3.05, 3.63) is 18.0 Å². The molecular weight excluding hydrogens is 414 g/mol. The molecule has 0 radical (unpaired) electrons. The summed E-state index contributed by atoms with van der Waals surface area (Å²) < 4.78 is 8.28. The van der Waals surface area contributed by atoms with E-state index < -0.39 is 5.60 Å². The molecule has 5 aliphatic rings. The molecule has 1 aromatic rings. The minimum atomic E-state index is -0.557.